The van der Waals surface area contributed by atoms with Crippen LogP contribution in [0.3, 0.4) is 0 Å². The van der Waals surface area contributed by atoms with Gasteiger partial charge in [0.1, 0.15) is 0 Å². The van der Waals surface area contributed by atoms with Crippen molar-refractivity contribution in [2.75, 3.05) is 0 Å². The van der Waals surface area contributed by atoms with Gasteiger partial charge >= 0.3 is 0 Å². The Labute approximate surface area is 90.6 Å². The Balaban J connectivity index is 2.66. The molecule has 1 heterocycles. The van der Waals surface area contributed by atoms with Crippen molar-refractivity contribution in [1.82, 2.24) is 4.98 Å². The number of pyridine rings is 1. The van der Waals surface area contributed by atoms with Crippen LogP contribution in [0.5, 0.6) is 0 Å². The number of aromatic nitrogens is 1. The molecule has 1 N–H and O–H groups in total. The third-order valence-electron chi connectivity index (χ3n) is 2.34. The van der Waals surface area contributed by atoms with Gasteiger partial charge in [0.05, 0.1) is 5.69 Å². The maximum Gasteiger partial charge on any atom is 0.182 e. The minimum atomic E-state index is -0.943. The molecule has 0 amide bonds. The van der Waals surface area contributed by atoms with Crippen molar-refractivity contribution in [2.24, 2.45) is 0 Å². The van der Waals surface area contributed by atoms with Gasteiger partial charge in [0.2, 0.25) is 0 Å². The molecule has 0 radical (unpaired) electrons. The van der Waals surface area contributed by atoms with E-state index < -0.39 is 11.6 Å². The number of rotatable bonds is 1. The first-order valence-electron chi connectivity index (χ1n) is 4.73. The molecule has 4 heteroatoms. The minimum Gasteiger partial charge on any atom is -0.361 e. The van der Waals surface area contributed by atoms with Gasteiger partial charge in [-0.05, 0) is 18.6 Å². The standard InChI is InChI=1S/C12H9F2NO/c1-7-2-3-9(12(14)11(7)13)10-6-8(16)4-5-15-10/h2-6H,1H3,(H,15,16). The number of halogens is 2. The fourth-order valence-corrected chi connectivity index (χ4v) is 1.46. The Bertz CT molecular complexity index is 590. The van der Waals surface area contributed by atoms with E-state index in [1.54, 1.807) is 0 Å². The summed E-state index contributed by atoms with van der Waals surface area (Å²) >= 11 is 0. The van der Waals surface area contributed by atoms with Crippen LogP contribution in [-0.2, 0) is 0 Å². The van der Waals surface area contributed by atoms with Crippen LogP contribution in [0.15, 0.2) is 35.3 Å². The zero-order valence-electron chi connectivity index (χ0n) is 8.55. The maximum absolute atomic E-state index is 13.6. The largest absolute Gasteiger partial charge is 0.361 e. The van der Waals surface area contributed by atoms with E-state index in [4.69, 9.17) is 0 Å². The number of nitrogens with one attached hydrogen (secondary N) is 1. The molecule has 2 nitrogen and oxygen atoms in total. The van der Waals surface area contributed by atoms with Gasteiger partial charge in [0, 0.05) is 23.9 Å². The molecule has 0 aliphatic carbocycles. The van der Waals surface area contributed by atoms with Gasteiger partial charge in [-0.15, -0.1) is 0 Å². The Morgan fingerprint density at radius 1 is 1.12 bits per heavy atom. The van der Waals surface area contributed by atoms with Crippen LogP contribution in [0.1, 0.15) is 5.56 Å². The first kappa shape index (κ1) is 10.5. The Hall–Kier alpha value is -1.97. The lowest BCUT2D eigenvalue weighted by Gasteiger charge is -2.05. The number of hydrogen-bond donors (Lipinski definition) is 1. The molecule has 0 bridgehead atoms. The molecule has 0 atom stereocenters. The molecule has 2 aromatic rings. The molecule has 0 aliphatic rings. The SMILES string of the molecule is Cc1ccc(-c2cc(=O)cc[nH]2)c(F)c1F. The van der Waals surface area contributed by atoms with Crippen molar-refractivity contribution in [3.8, 4) is 11.3 Å². The number of H-pyrrole nitrogens is 1. The summed E-state index contributed by atoms with van der Waals surface area (Å²) < 4.78 is 26.9. The maximum atomic E-state index is 13.6. The van der Waals surface area contributed by atoms with Crippen molar-refractivity contribution in [1.29, 1.82) is 0 Å². The average molecular weight is 221 g/mol. The third kappa shape index (κ3) is 1.74. The van der Waals surface area contributed by atoms with Crippen LogP contribution in [-0.4, -0.2) is 4.98 Å². The number of aryl methyl sites for hydroxylation is 1. The summed E-state index contributed by atoms with van der Waals surface area (Å²) in [5.41, 5.74) is 0.304. The van der Waals surface area contributed by atoms with E-state index in [1.165, 1.54) is 37.4 Å². The lowest BCUT2D eigenvalue weighted by Crippen LogP contribution is -2.00. The predicted molar refractivity (Wildman–Crippen MR) is 57.2 cm³/mol. The molecule has 0 unspecified atom stereocenters. The van der Waals surface area contributed by atoms with Gasteiger partial charge in [0.15, 0.2) is 17.1 Å². The van der Waals surface area contributed by atoms with E-state index >= 15 is 0 Å². The van der Waals surface area contributed by atoms with Gasteiger partial charge in [0.25, 0.3) is 0 Å². The highest BCUT2D eigenvalue weighted by atomic mass is 19.2. The lowest BCUT2D eigenvalue weighted by molar-refractivity contribution is 0.505. The first-order valence-corrected chi connectivity index (χ1v) is 4.73. The van der Waals surface area contributed by atoms with Crippen LogP contribution in [0.4, 0.5) is 8.78 Å². The van der Waals surface area contributed by atoms with Crippen molar-refractivity contribution in [2.45, 2.75) is 6.92 Å². The first-order chi connectivity index (χ1) is 7.59. The molecule has 0 saturated heterocycles. The van der Waals surface area contributed by atoms with Gasteiger partial charge in [-0.25, -0.2) is 8.78 Å². The van der Waals surface area contributed by atoms with E-state index in [0.717, 1.165) is 0 Å². The Morgan fingerprint density at radius 2 is 1.88 bits per heavy atom. The predicted octanol–water partition coefficient (Wildman–Crippen LogP) is 2.63. The average Bonchev–Trinajstić information content (AvgIpc) is 2.26. The van der Waals surface area contributed by atoms with E-state index in [2.05, 4.69) is 4.98 Å². The number of aromatic amines is 1. The second-order valence-electron chi connectivity index (χ2n) is 3.50. The summed E-state index contributed by atoms with van der Waals surface area (Å²) in [6, 6.07) is 5.46. The molecule has 0 fully saturated rings. The molecule has 16 heavy (non-hydrogen) atoms. The summed E-state index contributed by atoms with van der Waals surface area (Å²) in [6.07, 6.45) is 1.40. The second kappa shape index (κ2) is 3.89. The molecule has 1 aromatic carbocycles. The molecule has 0 spiro atoms. The molecule has 0 saturated carbocycles. The minimum absolute atomic E-state index is 0.0563. The smallest absolute Gasteiger partial charge is 0.182 e. The highest BCUT2D eigenvalue weighted by Crippen LogP contribution is 2.23. The summed E-state index contributed by atoms with van der Waals surface area (Å²) in [5.74, 6) is -1.83. The quantitative estimate of drug-likeness (QED) is 0.788. The van der Waals surface area contributed by atoms with Crippen molar-refractivity contribution in [3.63, 3.8) is 0 Å². The zero-order chi connectivity index (χ0) is 11.7. The highest BCUT2D eigenvalue weighted by Gasteiger charge is 2.12. The van der Waals surface area contributed by atoms with Crippen molar-refractivity contribution >= 4 is 0 Å². The summed E-state index contributed by atoms with van der Waals surface area (Å²) in [4.78, 5) is 13.8. The fourth-order valence-electron chi connectivity index (χ4n) is 1.46. The second-order valence-corrected chi connectivity index (χ2v) is 3.50. The van der Waals surface area contributed by atoms with Crippen LogP contribution >= 0.6 is 0 Å². The molecule has 0 aliphatic heterocycles. The van der Waals surface area contributed by atoms with Crippen LogP contribution < -0.4 is 5.43 Å². The summed E-state index contributed by atoms with van der Waals surface area (Å²) in [6.45, 7) is 1.48. The molecule has 2 rings (SSSR count). The van der Waals surface area contributed by atoms with Crippen LogP contribution in [0, 0.1) is 18.6 Å². The van der Waals surface area contributed by atoms with Gasteiger partial charge in [-0.1, -0.05) is 6.07 Å². The van der Waals surface area contributed by atoms with Crippen LogP contribution in [0.2, 0.25) is 0 Å². The molecule has 82 valence electrons. The number of hydrogen-bond acceptors (Lipinski definition) is 1. The molecular formula is C12H9F2NO. The normalized spacial score (nSPS) is 10.4. The summed E-state index contributed by atoms with van der Waals surface area (Å²) in [5, 5.41) is 0. The Morgan fingerprint density at radius 3 is 2.56 bits per heavy atom. The number of benzene rings is 1. The van der Waals surface area contributed by atoms with E-state index in [1.807, 2.05) is 0 Å². The van der Waals surface area contributed by atoms with Gasteiger partial charge in [-0.3, -0.25) is 4.79 Å². The molecular weight excluding hydrogens is 212 g/mol. The monoisotopic (exact) mass is 221 g/mol. The van der Waals surface area contributed by atoms with E-state index in [9.17, 15) is 13.6 Å². The highest BCUT2D eigenvalue weighted by molar-refractivity contribution is 5.60. The van der Waals surface area contributed by atoms with E-state index in [-0.39, 0.29) is 22.2 Å². The Kier molecular flexibility index (Phi) is 2.56. The van der Waals surface area contributed by atoms with Crippen LogP contribution in [0.25, 0.3) is 11.3 Å². The van der Waals surface area contributed by atoms with Crippen molar-refractivity contribution < 1.29 is 8.78 Å². The van der Waals surface area contributed by atoms with Gasteiger partial charge in [-0.2, -0.15) is 0 Å². The molecule has 1 aromatic heterocycles. The topological polar surface area (TPSA) is 32.9 Å². The van der Waals surface area contributed by atoms with Crippen molar-refractivity contribution in [3.05, 3.63) is 57.9 Å². The summed E-state index contributed by atoms with van der Waals surface area (Å²) in [7, 11) is 0. The zero-order valence-corrected chi connectivity index (χ0v) is 8.55. The fraction of sp³-hybridized carbons (Fsp3) is 0.0833. The van der Waals surface area contributed by atoms with E-state index in [0.29, 0.717) is 0 Å². The lowest BCUT2D eigenvalue weighted by atomic mass is 10.1. The van der Waals surface area contributed by atoms with Gasteiger partial charge < -0.3 is 4.98 Å². The third-order valence-corrected chi connectivity index (χ3v) is 2.34.